The molecule has 2 heteroatoms. The van der Waals surface area contributed by atoms with E-state index in [4.69, 9.17) is 4.74 Å². The Morgan fingerprint density at radius 3 is 2.18 bits per heavy atom. The highest BCUT2D eigenvalue weighted by molar-refractivity contribution is 5.83. The molecule has 0 heterocycles. The van der Waals surface area contributed by atoms with Crippen molar-refractivity contribution in [1.29, 1.82) is 0 Å². The van der Waals surface area contributed by atoms with Crippen LogP contribution in [-0.4, -0.2) is 19.0 Å². The molecule has 28 heavy (non-hydrogen) atoms. The lowest BCUT2D eigenvalue weighted by molar-refractivity contribution is -0.130. The Kier molecular flexibility index (Phi) is 8.88. The third-order valence-corrected chi connectivity index (χ3v) is 8.85. The topological polar surface area (TPSA) is 26.3 Å². The molecule has 0 amide bonds. The molecule has 3 saturated carbocycles. The first-order chi connectivity index (χ1) is 13.6. The summed E-state index contributed by atoms with van der Waals surface area (Å²) >= 11 is 0. The van der Waals surface area contributed by atoms with E-state index in [0.29, 0.717) is 23.7 Å². The number of rotatable bonds is 8. The van der Waals surface area contributed by atoms with Gasteiger partial charge >= 0.3 is 0 Å². The second kappa shape index (κ2) is 11.1. The van der Waals surface area contributed by atoms with Crippen LogP contribution in [0, 0.1) is 35.5 Å². The minimum atomic E-state index is 0.244. The number of ketones is 1. The van der Waals surface area contributed by atoms with Crippen molar-refractivity contribution in [1.82, 2.24) is 0 Å². The summed E-state index contributed by atoms with van der Waals surface area (Å²) in [6.45, 7) is 4.53. The van der Waals surface area contributed by atoms with Crippen LogP contribution < -0.4 is 0 Å². The fourth-order valence-corrected chi connectivity index (χ4v) is 6.77. The van der Waals surface area contributed by atoms with E-state index in [0.717, 1.165) is 24.2 Å². The van der Waals surface area contributed by atoms with Crippen molar-refractivity contribution in [2.24, 2.45) is 35.5 Å². The molecule has 0 aromatic heterocycles. The molecule has 0 aliphatic heterocycles. The third-order valence-electron chi connectivity index (χ3n) is 8.85. The van der Waals surface area contributed by atoms with Gasteiger partial charge in [-0.05, 0) is 81.5 Å². The first-order valence-electron chi connectivity index (χ1n) is 12.7. The van der Waals surface area contributed by atoms with Crippen LogP contribution in [0.5, 0.6) is 0 Å². The summed E-state index contributed by atoms with van der Waals surface area (Å²) in [6, 6.07) is 0. The first-order valence-corrected chi connectivity index (χ1v) is 12.7. The van der Waals surface area contributed by atoms with Gasteiger partial charge in [0.2, 0.25) is 0 Å². The number of Topliss-reactive ketones (excluding diaryl/α,β-unsaturated/α-hetero) is 1. The van der Waals surface area contributed by atoms with E-state index in [2.05, 4.69) is 13.8 Å². The maximum Gasteiger partial charge on any atom is 0.139 e. The number of hydrogen-bond donors (Lipinski definition) is 0. The Morgan fingerprint density at radius 2 is 1.57 bits per heavy atom. The van der Waals surface area contributed by atoms with Gasteiger partial charge in [-0.1, -0.05) is 52.4 Å². The Bertz CT molecular complexity index is 457. The average molecular weight is 391 g/mol. The maximum absolute atomic E-state index is 13.2. The predicted molar refractivity (Wildman–Crippen MR) is 117 cm³/mol. The van der Waals surface area contributed by atoms with E-state index in [1.54, 1.807) is 0 Å². The molecule has 3 fully saturated rings. The molecule has 0 aromatic carbocycles. The molecule has 3 rings (SSSR count). The number of unbranched alkanes of at least 4 members (excludes halogenated alkanes) is 1. The van der Waals surface area contributed by atoms with Gasteiger partial charge in [-0.3, -0.25) is 4.79 Å². The van der Waals surface area contributed by atoms with Crippen LogP contribution in [0.15, 0.2) is 0 Å². The lowest BCUT2D eigenvalue weighted by Crippen LogP contribution is -2.35. The summed E-state index contributed by atoms with van der Waals surface area (Å²) in [5, 5.41) is 0. The van der Waals surface area contributed by atoms with E-state index < -0.39 is 0 Å². The van der Waals surface area contributed by atoms with E-state index in [1.165, 1.54) is 89.9 Å². The van der Waals surface area contributed by atoms with Crippen LogP contribution in [0.1, 0.15) is 110 Å². The molecule has 3 atom stereocenters. The molecule has 3 aliphatic carbocycles. The van der Waals surface area contributed by atoms with Crippen molar-refractivity contribution in [2.45, 2.75) is 116 Å². The van der Waals surface area contributed by atoms with Crippen molar-refractivity contribution < 1.29 is 9.53 Å². The molecular formula is C26H46O2. The summed E-state index contributed by atoms with van der Waals surface area (Å²) in [7, 11) is 1.83. The second-order valence-corrected chi connectivity index (χ2v) is 10.5. The summed E-state index contributed by atoms with van der Waals surface area (Å²) in [4.78, 5) is 13.2. The minimum absolute atomic E-state index is 0.244. The van der Waals surface area contributed by atoms with Crippen LogP contribution in [-0.2, 0) is 9.53 Å². The third kappa shape index (κ3) is 5.83. The second-order valence-electron chi connectivity index (χ2n) is 10.5. The fourth-order valence-electron chi connectivity index (χ4n) is 6.77. The number of carbonyl (C=O) groups excluding carboxylic acids is 1. The fraction of sp³-hybridized carbons (Fsp3) is 0.962. The van der Waals surface area contributed by atoms with Crippen molar-refractivity contribution in [2.75, 3.05) is 7.11 Å². The van der Waals surface area contributed by atoms with Crippen LogP contribution >= 0.6 is 0 Å². The van der Waals surface area contributed by atoms with Crippen LogP contribution in [0.4, 0.5) is 0 Å². The SMILES string of the molecule is CCCCC1CCC(C2CCC(C(=O)C(C)C3CCCC(OC)C3)CC2)CC1. The van der Waals surface area contributed by atoms with Gasteiger partial charge in [0.05, 0.1) is 6.10 Å². The zero-order valence-corrected chi connectivity index (χ0v) is 19.0. The van der Waals surface area contributed by atoms with Gasteiger partial charge in [0, 0.05) is 18.9 Å². The predicted octanol–water partition coefficient (Wildman–Crippen LogP) is 7.20. The van der Waals surface area contributed by atoms with E-state index in [-0.39, 0.29) is 5.92 Å². The van der Waals surface area contributed by atoms with Crippen LogP contribution in [0.25, 0.3) is 0 Å². The smallest absolute Gasteiger partial charge is 0.139 e. The van der Waals surface area contributed by atoms with Gasteiger partial charge in [0.15, 0.2) is 0 Å². The molecule has 2 nitrogen and oxygen atoms in total. The Morgan fingerprint density at radius 1 is 0.929 bits per heavy atom. The first kappa shape index (κ1) is 22.3. The monoisotopic (exact) mass is 390 g/mol. The number of hydrogen-bond acceptors (Lipinski definition) is 2. The number of carbonyl (C=O) groups is 1. The molecule has 0 saturated heterocycles. The highest BCUT2D eigenvalue weighted by Gasteiger charge is 2.37. The van der Waals surface area contributed by atoms with Gasteiger partial charge in [-0.15, -0.1) is 0 Å². The molecule has 0 aromatic rings. The van der Waals surface area contributed by atoms with Gasteiger partial charge in [0.1, 0.15) is 5.78 Å². The Balaban J connectivity index is 1.40. The molecule has 0 N–H and O–H groups in total. The van der Waals surface area contributed by atoms with Crippen molar-refractivity contribution >= 4 is 5.78 Å². The lowest BCUT2D eigenvalue weighted by atomic mass is 9.66. The van der Waals surface area contributed by atoms with Crippen molar-refractivity contribution in [3.05, 3.63) is 0 Å². The van der Waals surface area contributed by atoms with Crippen molar-refractivity contribution in [3.63, 3.8) is 0 Å². The zero-order chi connectivity index (χ0) is 19.9. The summed E-state index contributed by atoms with van der Waals surface area (Å²) in [6.07, 6.45) is 20.2. The molecule has 3 aliphatic rings. The zero-order valence-electron chi connectivity index (χ0n) is 19.0. The van der Waals surface area contributed by atoms with Gasteiger partial charge in [-0.25, -0.2) is 0 Å². The number of methoxy groups -OCH3 is 1. The van der Waals surface area contributed by atoms with Crippen molar-refractivity contribution in [3.8, 4) is 0 Å². The summed E-state index contributed by atoms with van der Waals surface area (Å²) in [5.41, 5.74) is 0. The normalized spacial score (nSPS) is 38.1. The van der Waals surface area contributed by atoms with Gasteiger partial charge < -0.3 is 4.74 Å². The van der Waals surface area contributed by atoms with E-state index in [9.17, 15) is 4.79 Å². The maximum atomic E-state index is 13.2. The van der Waals surface area contributed by atoms with Crippen LogP contribution in [0.2, 0.25) is 0 Å². The van der Waals surface area contributed by atoms with Crippen LogP contribution in [0.3, 0.4) is 0 Å². The highest BCUT2D eigenvalue weighted by Crippen LogP contribution is 2.43. The van der Waals surface area contributed by atoms with E-state index >= 15 is 0 Å². The molecule has 3 unspecified atom stereocenters. The van der Waals surface area contributed by atoms with E-state index in [1.807, 2.05) is 7.11 Å². The lowest BCUT2D eigenvalue weighted by Gasteiger charge is -2.39. The molecule has 0 bridgehead atoms. The largest absolute Gasteiger partial charge is 0.381 e. The summed E-state index contributed by atoms with van der Waals surface area (Å²) < 4.78 is 5.60. The summed E-state index contributed by atoms with van der Waals surface area (Å²) in [5.74, 6) is 4.64. The molecule has 162 valence electrons. The average Bonchev–Trinajstić information content (AvgIpc) is 2.77. The van der Waals surface area contributed by atoms with Gasteiger partial charge in [0.25, 0.3) is 0 Å². The molecule has 0 radical (unpaired) electrons. The highest BCUT2D eigenvalue weighted by atomic mass is 16.5. The molecular weight excluding hydrogens is 344 g/mol. The Hall–Kier alpha value is -0.370. The minimum Gasteiger partial charge on any atom is -0.381 e. The molecule has 0 spiro atoms. The Labute approximate surface area is 174 Å². The quantitative estimate of drug-likeness (QED) is 0.438. The standard InChI is InChI=1S/C26H46O2/c1-4-5-7-20-10-12-21(13-11-20)22-14-16-23(17-15-22)26(27)19(2)24-8-6-9-25(18-24)28-3/h19-25H,4-18H2,1-3H3. The van der Waals surface area contributed by atoms with Gasteiger partial charge in [-0.2, -0.15) is 0 Å². The number of ether oxygens (including phenoxy) is 1.